The number of nitrogens with one attached hydrogen (secondary N) is 1. The minimum atomic E-state index is -0.121. The van der Waals surface area contributed by atoms with Crippen molar-refractivity contribution in [1.82, 2.24) is 20.1 Å². The summed E-state index contributed by atoms with van der Waals surface area (Å²) in [4.78, 5) is 24.1. The second kappa shape index (κ2) is 6.57. The van der Waals surface area contributed by atoms with Gasteiger partial charge in [0.1, 0.15) is 5.69 Å². The molecule has 1 N–H and O–H groups in total. The molecule has 0 saturated heterocycles. The van der Waals surface area contributed by atoms with Crippen molar-refractivity contribution >= 4 is 11.6 Å². The average molecular weight is 295 g/mol. The fourth-order valence-electron chi connectivity index (χ4n) is 1.83. The average Bonchev–Trinajstić information content (AvgIpc) is 3.04. The van der Waals surface area contributed by atoms with Crippen LogP contribution in [0.5, 0.6) is 0 Å². The van der Waals surface area contributed by atoms with Crippen molar-refractivity contribution in [2.45, 2.75) is 12.8 Å². The van der Waals surface area contributed by atoms with Crippen molar-refractivity contribution in [3.63, 3.8) is 0 Å². The molecule has 3 rings (SSSR count). The second-order valence-electron chi connectivity index (χ2n) is 4.51. The first-order valence-electron chi connectivity index (χ1n) is 6.75. The van der Waals surface area contributed by atoms with E-state index in [2.05, 4.69) is 25.4 Å². The van der Waals surface area contributed by atoms with E-state index < -0.39 is 0 Å². The third-order valence-electron chi connectivity index (χ3n) is 2.89. The predicted octanol–water partition coefficient (Wildman–Crippen LogP) is 2.10. The molecule has 0 fully saturated rings. The number of carbonyl (C=O) groups excluding carboxylic acids is 1. The molecule has 0 aromatic carbocycles. The van der Waals surface area contributed by atoms with Crippen LogP contribution in [0.4, 0.5) is 5.69 Å². The lowest BCUT2D eigenvalue weighted by atomic mass is 10.3. The zero-order valence-electron chi connectivity index (χ0n) is 11.6. The number of anilines is 1. The Hall–Kier alpha value is -3.09. The van der Waals surface area contributed by atoms with Crippen LogP contribution in [0.3, 0.4) is 0 Å². The number of aryl methyl sites for hydroxylation is 1. The molecule has 3 heterocycles. The van der Waals surface area contributed by atoms with E-state index in [1.807, 2.05) is 12.1 Å². The summed E-state index contributed by atoms with van der Waals surface area (Å²) >= 11 is 0. The van der Waals surface area contributed by atoms with Crippen LogP contribution < -0.4 is 5.32 Å². The van der Waals surface area contributed by atoms with Crippen molar-refractivity contribution in [3.8, 4) is 11.5 Å². The van der Waals surface area contributed by atoms with E-state index >= 15 is 0 Å². The highest BCUT2D eigenvalue weighted by molar-refractivity contribution is 5.90. The summed E-state index contributed by atoms with van der Waals surface area (Å²) in [5.74, 6) is 0.708. The SMILES string of the molecule is O=C(CCc1nc(-c2ccccn2)no1)Nc1ccncc1. The van der Waals surface area contributed by atoms with Crippen LogP contribution in [0, 0.1) is 0 Å². The molecule has 1 amide bonds. The Labute approximate surface area is 126 Å². The zero-order chi connectivity index (χ0) is 15.2. The number of hydrogen-bond acceptors (Lipinski definition) is 6. The van der Waals surface area contributed by atoms with Crippen molar-refractivity contribution in [1.29, 1.82) is 0 Å². The molecule has 0 bridgehead atoms. The van der Waals surface area contributed by atoms with Gasteiger partial charge in [0.2, 0.25) is 17.6 Å². The minimum absolute atomic E-state index is 0.121. The molecule has 0 aliphatic carbocycles. The first kappa shape index (κ1) is 13.9. The molecule has 7 heteroatoms. The molecular weight excluding hydrogens is 282 g/mol. The number of nitrogens with zero attached hydrogens (tertiary/aromatic N) is 4. The van der Waals surface area contributed by atoms with Crippen LogP contribution >= 0.6 is 0 Å². The molecular formula is C15H13N5O2. The van der Waals surface area contributed by atoms with Gasteiger partial charge in [-0.1, -0.05) is 11.2 Å². The van der Waals surface area contributed by atoms with Gasteiger partial charge >= 0.3 is 0 Å². The Morgan fingerprint density at radius 1 is 1.14 bits per heavy atom. The molecule has 3 aromatic heterocycles. The quantitative estimate of drug-likeness (QED) is 0.774. The van der Waals surface area contributed by atoms with Gasteiger partial charge < -0.3 is 9.84 Å². The maximum atomic E-state index is 11.8. The number of pyridine rings is 2. The lowest BCUT2D eigenvalue weighted by Gasteiger charge is -2.02. The maximum Gasteiger partial charge on any atom is 0.227 e. The number of carbonyl (C=O) groups is 1. The third-order valence-corrected chi connectivity index (χ3v) is 2.89. The fraction of sp³-hybridized carbons (Fsp3) is 0.133. The standard InChI is InChI=1S/C15H13N5O2/c21-13(18-11-6-9-16-10-7-11)4-5-14-19-15(20-22-14)12-3-1-2-8-17-12/h1-3,6-10H,4-5H2,(H,16,18,21). The minimum Gasteiger partial charge on any atom is -0.339 e. The number of aromatic nitrogens is 4. The van der Waals surface area contributed by atoms with Crippen LogP contribution in [-0.4, -0.2) is 26.0 Å². The molecule has 0 atom stereocenters. The summed E-state index contributed by atoms with van der Waals surface area (Å²) in [6.07, 6.45) is 5.52. The van der Waals surface area contributed by atoms with Gasteiger partial charge in [-0.3, -0.25) is 14.8 Å². The highest BCUT2D eigenvalue weighted by atomic mass is 16.5. The van der Waals surface area contributed by atoms with Gasteiger partial charge in [0.05, 0.1) is 0 Å². The lowest BCUT2D eigenvalue weighted by Crippen LogP contribution is -2.12. The monoisotopic (exact) mass is 295 g/mol. The van der Waals surface area contributed by atoms with Gasteiger partial charge in [-0.25, -0.2) is 0 Å². The topological polar surface area (TPSA) is 93.8 Å². The van der Waals surface area contributed by atoms with Gasteiger partial charge in [0.25, 0.3) is 0 Å². The van der Waals surface area contributed by atoms with Crippen LogP contribution in [-0.2, 0) is 11.2 Å². The third kappa shape index (κ3) is 3.51. The highest BCUT2D eigenvalue weighted by Gasteiger charge is 2.11. The summed E-state index contributed by atoms with van der Waals surface area (Å²) in [5, 5.41) is 6.63. The van der Waals surface area contributed by atoms with Crippen LogP contribution in [0.25, 0.3) is 11.5 Å². The summed E-state index contributed by atoms with van der Waals surface area (Å²) in [7, 11) is 0. The Bertz CT molecular complexity index is 743. The molecule has 110 valence electrons. The van der Waals surface area contributed by atoms with Crippen molar-refractivity contribution in [2.75, 3.05) is 5.32 Å². The van der Waals surface area contributed by atoms with E-state index in [-0.39, 0.29) is 12.3 Å². The molecule has 0 spiro atoms. The van der Waals surface area contributed by atoms with Gasteiger partial charge in [-0.2, -0.15) is 4.98 Å². The maximum absolute atomic E-state index is 11.8. The molecule has 0 unspecified atom stereocenters. The Morgan fingerprint density at radius 2 is 2.00 bits per heavy atom. The normalized spacial score (nSPS) is 10.4. The van der Waals surface area contributed by atoms with Crippen LogP contribution in [0.15, 0.2) is 53.4 Å². The number of amides is 1. The molecule has 0 saturated carbocycles. The Kier molecular flexibility index (Phi) is 4.15. The summed E-state index contributed by atoms with van der Waals surface area (Å²) in [6, 6.07) is 8.91. The van der Waals surface area contributed by atoms with Crippen molar-refractivity contribution in [3.05, 3.63) is 54.8 Å². The largest absolute Gasteiger partial charge is 0.339 e. The van der Waals surface area contributed by atoms with E-state index in [1.165, 1.54) is 0 Å². The lowest BCUT2D eigenvalue weighted by molar-refractivity contribution is -0.116. The number of rotatable bonds is 5. The van der Waals surface area contributed by atoms with Crippen LogP contribution in [0.2, 0.25) is 0 Å². The van der Waals surface area contributed by atoms with Gasteiger partial charge in [-0.15, -0.1) is 0 Å². The van der Waals surface area contributed by atoms with E-state index in [4.69, 9.17) is 4.52 Å². The van der Waals surface area contributed by atoms with Crippen LogP contribution in [0.1, 0.15) is 12.3 Å². The number of hydrogen-bond donors (Lipinski definition) is 1. The molecule has 0 radical (unpaired) electrons. The zero-order valence-corrected chi connectivity index (χ0v) is 11.6. The highest BCUT2D eigenvalue weighted by Crippen LogP contribution is 2.13. The van der Waals surface area contributed by atoms with E-state index in [1.54, 1.807) is 36.8 Å². The molecule has 22 heavy (non-hydrogen) atoms. The fourth-order valence-corrected chi connectivity index (χ4v) is 1.83. The summed E-state index contributed by atoms with van der Waals surface area (Å²) in [5.41, 5.74) is 1.35. The first-order chi connectivity index (χ1) is 10.8. The van der Waals surface area contributed by atoms with Gasteiger partial charge in [0, 0.05) is 37.1 Å². The van der Waals surface area contributed by atoms with Crippen molar-refractivity contribution < 1.29 is 9.32 Å². The van der Waals surface area contributed by atoms with E-state index in [9.17, 15) is 4.79 Å². The summed E-state index contributed by atoms with van der Waals surface area (Å²) < 4.78 is 5.13. The first-order valence-corrected chi connectivity index (χ1v) is 6.75. The molecule has 0 aliphatic rings. The molecule has 0 aliphatic heterocycles. The smallest absolute Gasteiger partial charge is 0.227 e. The Morgan fingerprint density at radius 3 is 2.77 bits per heavy atom. The van der Waals surface area contributed by atoms with Gasteiger partial charge in [-0.05, 0) is 24.3 Å². The second-order valence-corrected chi connectivity index (χ2v) is 4.51. The van der Waals surface area contributed by atoms with Gasteiger partial charge in [0.15, 0.2) is 0 Å². The Balaban J connectivity index is 1.56. The molecule has 3 aromatic rings. The molecule has 7 nitrogen and oxygen atoms in total. The predicted molar refractivity (Wildman–Crippen MR) is 78.7 cm³/mol. The van der Waals surface area contributed by atoms with Crippen molar-refractivity contribution in [2.24, 2.45) is 0 Å². The van der Waals surface area contributed by atoms with E-state index in [0.29, 0.717) is 29.5 Å². The van der Waals surface area contributed by atoms with E-state index in [0.717, 1.165) is 0 Å². The summed E-state index contributed by atoms with van der Waals surface area (Å²) in [6.45, 7) is 0.